The highest BCUT2D eigenvalue weighted by atomic mass is 32.2. The minimum absolute atomic E-state index is 0.231. The van der Waals surface area contributed by atoms with Crippen molar-refractivity contribution in [2.45, 2.75) is 23.7 Å². The lowest BCUT2D eigenvalue weighted by molar-refractivity contribution is -0.137. The molecule has 2 N–H and O–H groups in total. The zero-order valence-corrected chi connectivity index (χ0v) is 15.5. The number of anilines is 1. The Kier molecular flexibility index (Phi) is 5.93. The van der Waals surface area contributed by atoms with Crippen molar-refractivity contribution in [3.63, 3.8) is 0 Å². The van der Waals surface area contributed by atoms with Gasteiger partial charge in [-0.05, 0) is 31.2 Å². The lowest BCUT2D eigenvalue weighted by atomic mass is 10.2. The van der Waals surface area contributed by atoms with Crippen LogP contribution in [0.4, 0.5) is 18.9 Å². The molecule has 3 rings (SSSR count). The van der Waals surface area contributed by atoms with Crippen molar-refractivity contribution in [1.29, 1.82) is 0 Å². The van der Waals surface area contributed by atoms with Crippen LogP contribution in [0.25, 0.3) is 0 Å². The van der Waals surface area contributed by atoms with Gasteiger partial charge >= 0.3 is 6.18 Å². The number of benzene rings is 2. The number of carbonyl (C=O) groups excluding carboxylic acids is 1. The van der Waals surface area contributed by atoms with Gasteiger partial charge in [-0.15, -0.1) is 11.8 Å². The maximum atomic E-state index is 13.1. The van der Waals surface area contributed by atoms with Crippen LogP contribution < -0.4 is 10.9 Å². The van der Waals surface area contributed by atoms with Gasteiger partial charge in [0, 0.05) is 11.0 Å². The fourth-order valence-electron chi connectivity index (χ4n) is 2.44. The summed E-state index contributed by atoms with van der Waals surface area (Å²) in [5.74, 6) is 0.582. The van der Waals surface area contributed by atoms with Crippen LogP contribution in [0.15, 0.2) is 64.0 Å². The van der Waals surface area contributed by atoms with Gasteiger partial charge in [0.25, 0.3) is 5.91 Å². The lowest BCUT2D eigenvalue weighted by Gasteiger charge is -2.15. The van der Waals surface area contributed by atoms with Crippen molar-refractivity contribution < 1.29 is 22.5 Å². The number of para-hydroxylation sites is 1. The normalized spacial score (nSPS) is 11.3. The molecule has 1 aromatic heterocycles. The van der Waals surface area contributed by atoms with E-state index in [0.717, 1.165) is 11.8 Å². The molecule has 1 amide bonds. The van der Waals surface area contributed by atoms with Crippen LogP contribution in [0.2, 0.25) is 0 Å². The molecule has 0 saturated carbocycles. The summed E-state index contributed by atoms with van der Waals surface area (Å²) in [6.45, 7) is 1.81. The van der Waals surface area contributed by atoms with Crippen molar-refractivity contribution in [3.8, 4) is 0 Å². The SMILES string of the molecule is Cc1cc(CSc2ccccc2C(=O)NNc2ccccc2C(F)(F)F)on1. The average Bonchev–Trinajstić information content (AvgIpc) is 3.09. The molecule has 2 aromatic carbocycles. The molecule has 3 aromatic rings. The number of amides is 1. The summed E-state index contributed by atoms with van der Waals surface area (Å²) in [6, 6.07) is 13.5. The molecule has 1 heterocycles. The smallest absolute Gasteiger partial charge is 0.360 e. The number of thioether (sulfide) groups is 1. The molecule has 5 nitrogen and oxygen atoms in total. The van der Waals surface area contributed by atoms with E-state index in [1.54, 1.807) is 30.3 Å². The van der Waals surface area contributed by atoms with Crippen molar-refractivity contribution in [2.75, 3.05) is 5.43 Å². The maximum absolute atomic E-state index is 13.1. The summed E-state index contributed by atoms with van der Waals surface area (Å²) in [5, 5.41) is 3.81. The van der Waals surface area contributed by atoms with Gasteiger partial charge in [0.05, 0.1) is 28.3 Å². The fraction of sp³-hybridized carbons (Fsp3) is 0.158. The monoisotopic (exact) mass is 407 g/mol. The van der Waals surface area contributed by atoms with Gasteiger partial charge < -0.3 is 4.52 Å². The second kappa shape index (κ2) is 8.39. The maximum Gasteiger partial charge on any atom is 0.418 e. The first-order valence-corrected chi connectivity index (χ1v) is 9.20. The highest BCUT2D eigenvalue weighted by Gasteiger charge is 2.33. The highest BCUT2D eigenvalue weighted by Crippen LogP contribution is 2.34. The number of hydrogen-bond acceptors (Lipinski definition) is 5. The molecule has 0 radical (unpaired) electrons. The first-order valence-electron chi connectivity index (χ1n) is 8.21. The number of nitrogens with one attached hydrogen (secondary N) is 2. The van der Waals surface area contributed by atoms with Crippen LogP contribution in [-0.2, 0) is 11.9 Å². The number of hydrazine groups is 1. The molecule has 0 saturated heterocycles. The number of nitrogens with zero attached hydrogens (tertiary/aromatic N) is 1. The topological polar surface area (TPSA) is 67.2 Å². The predicted octanol–water partition coefficient (Wildman–Crippen LogP) is 5.05. The Morgan fingerprint density at radius 3 is 2.57 bits per heavy atom. The summed E-state index contributed by atoms with van der Waals surface area (Å²) in [4.78, 5) is 13.2. The molecule has 0 bridgehead atoms. The Morgan fingerprint density at radius 2 is 1.86 bits per heavy atom. The second-order valence-corrected chi connectivity index (χ2v) is 6.86. The largest absolute Gasteiger partial charge is 0.418 e. The summed E-state index contributed by atoms with van der Waals surface area (Å²) >= 11 is 1.37. The van der Waals surface area contributed by atoms with Crippen molar-refractivity contribution >= 4 is 23.4 Å². The number of alkyl halides is 3. The lowest BCUT2D eigenvalue weighted by Crippen LogP contribution is -2.30. The molecular weight excluding hydrogens is 391 g/mol. The molecule has 9 heteroatoms. The van der Waals surface area contributed by atoms with Crippen molar-refractivity contribution in [3.05, 3.63) is 77.2 Å². The van der Waals surface area contributed by atoms with Crippen LogP contribution in [-0.4, -0.2) is 11.1 Å². The van der Waals surface area contributed by atoms with E-state index < -0.39 is 17.6 Å². The predicted molar refractivity (Wildman–Crippen MR) is 99.8 cm³/mol. The van der Waals surface area contributed by atoms with Crippen LogP contribution >= 0.6 is 11.8 Å². The fourth-order valence-corrected chi connectivity index (χ4v) is 3.37. The van der Waals surface area contributed by atoms with Gasteiger partial charge in [-0.2, -0.15) is 13.2 Å². The van der Waals surface area contributed by atoms with Gasteiger partial charge in [-0.3, -0.25) is 15.6 Å². The first kappa shape index (κ1) is 19.8. The minimum atomic E-state index is -4.53. The number of aryl methyl sites for hydroxylation is 1. The van der Waals surface area contributed by atoms with Crippen molar-refractivity contribution in [1.82, 2.24) is 10.6 Å². The van der Waals surface area contributed by atoms with Gasteiger partial charge in [-0.1, -0.05) is 29.4 Å². The third-order valence-electron chi connectivity index (χ3n) is 3.72. The Morgan fingerprint density at radius 1 is 1.14 bits per heavy atom. The quantitative estimate of drug-likeness (QED) is 0.442. The van der Waals surface area contributed by atoms with E-state index in [9.17, 15) is 18.0 Å². The van der Waals surface area contributed by atoms with E-state index in [1.165, 1.54) is 30.0 Å². The first-order chi connectivity index (χ1) is 13.3. The van der Waals surface area contributed by atoms with Gasteiger partial charge in [-0.25, -0.2) is 0 Å². The number of halogens is 3. The Hall–Kier alpha value is -2.94. The van der Waals surface area contributed by atoms with E-state index in [0.29, 0.717) is 22.0 Å². The van der Waals surface area contributed by atoms with E-state index in [-0.39, 0.29) is 5.69 Å². The van der Waals surface area contributed by atoms with Crippen LogP contribution in [0.5, 0.6) is 0 Å². The van der Waals surface area contributed by atoms with E-state index in [1.807, 2.05) is 6.92 Å². The van der Waals surface area contributed by atoms with Crippen LogP contribution in [0.3, 0.4) is 0 Å². The molecule has 0 spiro atoms. The van der Waals surface area contributed by atoms with Gasteiger partial charge in [0.2, 0.25) is 0 Å². The van der Waals surface area contributed by atoms with Gasteiger partial charge in [0.15, 0.2) is 0 Å². The number of rotatable bonds is 6. The number of hydrogen-bond donors (Lipinski definition) is 2. The molecule has 0 aliphatic heterocycles. The van der Waals surface area contributed by atoms with E-state index >= 15 is 0 Å². The minimum Gasteiger partial charge on any atom is -0.360 e. The number of carbonyl (C=O) groups is 1. The molecule has 28 heavy (non-hydrogen) atoms. The number of aromatic nitrogens is 1. The van der Waals surface area contributed by atoms with E-state index in [2.05, 4.69) is 16.0 Å². The Bertz CT molecular complexity index is 973. The van der Waals surface area contributed by atoms with Crippen molar-refractivity contribution in [2.24, 2.45) is 0 Å². The summed E-state index contributed by atoms with van der Waals surface area (Å²) in [6.07, 6.45) is -4.53. The second-order valence-electron chi connectivity index (χ2n) is 5.84. The van der Waals surface area contributed by atoms with Crippen LogP contribution in [0, 0.1) is 6.92 Å². The molecule has 0 fully saturated rings. The average molecular weight is 407 g/mol. The van der Waals surface area contributed by atoms with E-state index in [4.69, 9.17) is 4.52 Å². The zero-order valence-electron chi connectivity index (χ0n) is 14.7. The summed E-state index contributed by atoms with van der Waals surface area (Å²) in [5.41, 5.74) is 4.70. The Labute approximate surface area is 163 Å². The van der Waals surface area contributed by atoms with Crippen LogP contribution in [0.1, 0.15) is 27.4 Å². The Balaban J connectivity index is 1.70. The molecule has 0 unspecified atom stereocenters. The molecule has 0 aliphatic carbocycles. The summed E-state index contributed by atoms with van der Waals surface area (Å²) in [7, 11) is 0. The molecule has 146 valence electrons. The summed E-state index contributed by atoms with van der Waals surface area (Å²) < 4.78 is 44.3. The standard InChI is InChI=1S/C19H16F3N3O2S/c1-12-10-13(27-25-12)11-28-17-9-5-2-6-14(17)18(26)24-23-16-8-4-3-7-15(16)19(20,21)22/h2-10,23H,11H2,1H3,(H,24,26). The van der Waals surface area contributed by atoms with Gasteiger partial charge in [0.1, 0.15) is 5.76 Å². The third-order valence-corrected chi connectivity index (χ3v) is 4.82. The highest BCUT2D eigenvalue weighted by molar-refractivity contribution is 7.98. The molecule has 0 aliphatic rings. The molecular formula is C19H16F3N3O2S. The molecule has 0 atom stereocenters. The third kappa shape index (κ3) is 4.86. The zero-order chi connectivity index (χ0) is 20.1.